The van der Waals surface area contributed by atoms with Crippen LogP contribution in [0.15, 0.2) is 0 Å². The van der Waals surface area contributed by atoms with E-state index in [-0.39, 0.29) is 50.6 Å². The molecule has 1 aliphatic carbocycles. The van der Waals surface area contributed by atoms with E-state index in [4.69, 9.17) is 9.47 Å². The second-order valence-corrected chi connectivity index (χ2v) is 7.85. The number of aliphatic carboxylic acids is 1. The fraction of sp³-hybridized carbons (Fsp3) is 0.750. The van der Waals surface area contributed by atoms with Gasteiger partial charge in [-0.1, -0.05) is 39.0 Å². The number of hydrogen-bond acceptors (Lipinski definition) is 5. The van der Waals surface area contributed by atoms with Crippen molar-refractivity contribution < 1.29 is 47.5 Å². The Morgan fingerprint density at radius 1 is 1.00 bits per heavy atom. The quantitative estimate of drug-likeness (QED) is 0.346. The summed E-state index contributed by atoms with van der Waals surface area (Å²) in [5.74, 6) is -2.81. The maximum Gasteiger partial charge on any atom is 2.00 e. The maximum atomic E-state index is 12.1. The van der Waals surface area contributed by atoms with Crippen molar-refractivity contribution in [2.75, 3.05) is 13.2 Å². The summed E-state index contributed by atoms with van der Waals surface area (Å²) in [6, 6.07) is 0. The number of hydrogen-bond donors (Lipinski definition) is 1. The molecule has 0 heterocycles. The largest absolute Gasteiger partial charge is 2.00 e. The zero-order valence-corrected chi connectivity index (χ0v) is 18.4. The van der Waals surface area contributed by atoms with Crippen LogP contribution in [0.5, 0.6) is 0 Å². The van der Waals surface area contributed by atoms with Crippen molar-refractivity contribution in [3.63, 3.8) is 0 Å². The molecule has 1 rings (SSSR count). The molecule has 0 saturated heterocycles. The number of carboxylic acid groups (broad SMARTS) is 1. The molecule has 2 atom stereocenters. The fourth-order valence-electron chi connectivity index (χ4n) is 2.81. The van der Waals surface area contributed by atoms with E-state index in [1.165, 1.54) is 0 Å². The van der Waals surface area contributed by atoms with E-state index in [0.717, 1.165) is 12.8 Å². The minimum absolute atomic E-state index is 0. The molecule has 0 aromatic rings. The molecule has 7 heteroatoms. The molecular formula is C20H34O6V. The predicted molar refractivity (Wildman–Crippen MR) is 99.0 cm³/mol. The Bertz CT molecular complexity index is 458. The van der Waals surface area contributed by atoms with Crippen LogP contribution < -0.4 is 0 Å². The SMILES string of the molecule is CC(C)(C)C[CH-]C(=O)OCCCCOC(=O)C1CCCCC1C(=O)O.[CH3-].[V+2]. The van der Waals surface area contributed by atoms with Gasteiger partial charge in [-0.3, -0.25) is 20.8 Å². The molecular weight excluding hydrogens is 387 g/mol. The van der Waals surface area contributed by atoms with E-state index < -0.39 is 23.8 Å². The van der Waals surface area contributed by atoms with Crippen molar-refractivity contribution in [2.45, 2.75) is 65.7 Å². The Morgan fingerprint density at radius 2 is 1.52 bits per heavy atom. The van der Waals surface area contributed by atoms with Gasteiger partial charge in [0.2, 0.25) is 0 Å². The Balaban J connectivity index is 0. The van der Waals surface area contributed by atoms with Gasteiger partial charge in [0.1, 0.15) is 0 Å². The third-order valence-corrected chi connectivity index (χ3v) is 4.29. The molecule has 1 radical (unpaired) electrons. The van der Waals surface area contributed by atoms with Gasteiger partial charge in [-0.25, -0.2) is 0 Å². The first-order valence-corrected chi connectivity index (χ1v) is 9.10. The smallest absolute Gasteiger partial charge is 0.488 e. The van der Waals surface area contributed by atoms with Crippen LogP contribution in [-0.2, 0) is 42.4 Å². The normalized spacial score (nSPS) is 19.1. The standard InChI is InChI=1S/C19H31O6.CH3.V/c1-19(2,3)11-10-16(20)24-12-6-7-13-25-18(23)15-9-5-4-8-14(15)17(21)22;;/h10,14-15H,4-9,11-13H2,1-3H3,(H,21,22);1H3;/q2*-1;+2. The fourth-order valence-corrected chi connectivity index (χ4v) is 2.81. The average molecular weight is 421 g/mol. The number of carboxylic acids is 1. The second kappa shape index (κ2) is 13.9. The van der Waals surface area contributed by atoms with Gasteiger partial charge in [0.15, 0.2) is 5.97 Å². The molecule has 0 bridgehead atoms. The third-order valence-electron chi connectivity index (χ3n) is 4.29. The van der Waals surface area contributed by atoms with E-state index in [1.54, 1.807) is 6.42 Å². The molecule has 6 nitrogen and oxygen atoms in total. The van der Waals surface area contributed by atoms with Gasteiger partial charge in [-0.05, 0) is 25.7 Å². The molecule has 2 unspecified atom stereocenters. The van der Waals surface area contributed by atoms with Crippen LogP contribution in [0.25, 0.3) is 0 Å². The van der Waals surface area contributed by atoms with E-state index in [1.807, 2.05) is 20.8 Å². The zero-order valence-electron chi connectivity index (χ0n) is 17.0. The Kier molecular flexibility index (Phi) is 14.5. The summed E-state index contributed by atoms with van der Waals surface area (Å²) in [6.45, 7) is 6.66. The summed E-state index contributed by atoms with van der Waals surface area (Å²) in [6.07, 6.45) is 6.24. The summed E-state index contributed by atoms with van der Waals surface area (Å²) >= 11 is 0. The van der Waals surface area contributed by atoms with E-state index in [9.17, 15) is 19.5 Å². The van der Waals surface area contributed by atoms with Crippen LogP contribution >= 0.6 is 0 Å². The molecule has 1 N–H and O–H groups in total. The van der Waals surface area contributed by atoms with Crippen LogP contribution in [0.3, 0.4) is 0 Å². The van der Waals surface area contributed by atoms with E-state index in [2.05, 4.69) is 0 Å². The van der Waals surface area contributed by atoms with Gasteiger partial charge < -0.3 is 22.0 Å². The van der Waals surface area contributed by atoms with Gasteiger partial charge in [0, 0.05) is 0 Å². The number of esters is 2. The van der Waals surface area contributed by atoms with Crippen molar-refractivity contribution in [1.82, 2.24) is 0 Å². The minimum atomic E-state index is -0.917. The molecule has 0 aromatic heterocycles. The van der Waals surface area contributed by atoms with Gasteiger partial charge in [-0.15, -0.1) is 0 Å². The maximum absolute atomic E-state index is 12.1. The third kappa shape index (κ3) is 12.0. The Morgan fingerprint density at radius 3 is 2.04 bits per heavy atom. The van der Waals surface area contributed by atoms with Crippen LogP contribution in [0.1, 0.15) is 65.7 Å². The van der Waals surface area contributed by atoms with Gasteiger partial charge >= 0.3 is 30.5 Å². The molecule has 0 spiro atoms. The summed E-state index contributed by atoms with van der Waals surface area (Å²) in [5.41, 5.74) is 0.0557. The van der Waals surface area contributed by atoms with Crippen molar-refractivity contribution >= 4 is 17.9 Å². The molecule has 1 saturated carbocycles. The Labute approximate surface area is 175 Å². The van der Waals surface area contributed by atoms with Crippen LogP contribution in [0.4, 0.5) is 0 Å². The van der Waals surface area contributed by atoms with E-state index >= 15 is 0 Å². The predicted octanol–water partition coefficient (Wildman–Crippen LogP) is 3.83. The number of unbranched alkanes of at least 4 members (excludes halogenated alkanes) is 1. The molecule has 0 aliphatic heterocycles. The number of carbonyl (C=O) groups is 3. The first kappa shape index (κ1) is 28.1. The summed E-state index contributed by atoms with van der Waals surface area (Å²) in [4.78, 5) is 34.8. The molecule has 155 valence electrons. The minimum Gasteiger partial charge on any atom is -0.488 e. The molecule has 0 amide bonds. The summed E-state index contributed by atoms with van der Waals surface area (Å²) < 4.78 is 10.3. The Hall–Kier alpha value is -1.14. The van der Waals surface area contributed by atoms with Gasteiger partial charge in [0.25, 0.3) is 0 Å². The molecule has 1 aliphatic rings. The van der Waals surface area contributed by atoms with Crippen LogP contribution in [-0.4, -0.2) is 36.2 Å². The van der Waals surface area contributed by atoms with E-state index in [0.29, 0.717) is 32.1 Å². The van der Waals surface area contributed by atoms with Crippen LogP contribution in [0.2, 0.25) is 0 Å². The monoisotopic (exact) mass is 421 g/mol. The molecule has 1 fully saturated rings. The van der Waals surface area contributed by atoms with Crippen molar-refractivity contribution in [2.24, 2.45) is 17.3 Å². The second-order valence-electron chi connectivity index (χ2n) is 7.85. The summed E-state index contributed by atoms with van der Waals surface area (Å²) in [7, 11) is 0. The molecule has 0 aromatic carbocycles. The van der Waals surface area contributed by atoms with Gasteiger partial charge in [0.05, 0.1) is 25.0 Å². The number of ether oxygens (including phenoxy) is 2. The molecule has 27 heavy (non-hydrogen) atoms. The van der Waals surface area contributed by atoms with Gasteiger partial charge in [-0.2, -0.15) is 6.42 Å². The first-order valence-electron chi connectivity index (χ1n) is 9.10. The average Bonchev–Trinajstić information content (AvgIpc) is 2.55. The summed E-state index contributed by atoms with van der Waals surface area (Å²) in [5, 5.41) is 9.19. The first-order chi connectivity index (χ1) is 11.7. The number of rotatable bonds is 9. The zero-order chi connectivity index (χ0) is 18.9. The van der Waals surface area contributed by atoms with Crippen LogP contribution in [0, 0.1) is 31.1 Å². The van der Waals surface area contributed by atoms with Crippen molar-refractivity contribution in [3.8, 4) is 0 Å². The van der Waals surface area contributed by atoms with Crippen molar-refractivity contribution in [1.29, 1.82) is 0 Å². The van der Waals surface area contributed by atoms with Crippen molar-refractivity contribution in [3.05, 3.63) is 13.8 Å². The topological polar surface area (TPSA) is 89.9 Å². The number of carbonyl (C=O) groups excluding carboxylic acids is 2.